The summed E-state index contributed by atoms with van der Waals surface area (Å²) in [4.78, 5) is 42.6. The van der Waals surface area contributed by atoms with Gasteiger partial charge in [0.1, 0.15) is 0 Å². The van der Waals surface area contributed by atoms with Crippen LogP contribution in [0.5, 0.6) is 0 Å². The lowest BCUT2D eigenvalue weighted by Crippen LogP contribution is -2.32. The summed E-state index contributed by atoms with van der Waals surface area (Å²) in [6.45, 7) is 2.15. The number of hydrogen-bond donors (Lipinski definition) is 1. The van der Waals surface area contributed by atoms with Crippen molar-refractivity contribution in [3.63, 3.8) is 0 Å². The number of amides is 2. The molecule has 0 unspecified atom stereocenters. The van der Waals surface area contributed by atoms with Crippen LogP contribution in [0.15, 0.2) is 41.6 Å². The third kappa shape index (κ3) is 4.24. The van der Waals surface area contributed by atoms with Gasteiger partial charge in [-0.25, -0.2) is 4.79 Å². The second kappa shape index (κ2) is 8.16. The van der Waals surface area contributed by atoms with Crippen LogP contribution in [0.4, 0.5) is 0 Å². The van der Waals surface area contributed by atoms with Crippen LogP contribution in [0.25, 0.3) is 0 Å². The lowest BCUT2D eigenvalue weighted by Gasteiger charge is -2.14. The smallest absolute Gasteiger partial charge is 0.335 e. The number of rotatable bonds is 6. The Morgan fingerprint density at radius 3 is 2.52 bits per heavy atom. The van der Waals surface area contributed by atoms with Crippen LogP contribution in [0.1, 0.15) is 36.8 Å². The predicted octanol–water partition coefficient (Wildman–Crippen LogP) is 1.89. The average molecular weight is 369 g/mol. The minimum Gasteiger partial charge on any atom is -0.380 e. The van der Waals surface area contributed by atoms with Gasteiger partial charge < -0.3 is 10.6 Å². The fourth-order valence-corrected chi connectivity index (χ4v) is 3.47. The molecule has 2 aliphatic rings. The van der Waals surface area contributed by atoms with Crippen molar-refractivity contribution in [3.05, 3.63) is 47.5 Å². The number of carbonyl (C=O) groups excluding carboxylic acids is 3. The van der Waals surface area contributed by atoms with E-state index in [1.165, 1.54) is 4.90 Å². The Balaban J connectivity index is 1.46. The molecule has 0 saturated carbocycles. The van der Waals surface area contributed by atoms with Gasteiger partial charge >= 0.3 is 5.97 Å². The molecule has 27 heavy (non-hydrogen) atoms. The summed E-state index contributed by atoms with van der Waals surface area (Å²) in [6, 6.07) is 7.38. The Morgan fingerprint density at radius 2 is 1.89 bits per heavy atom. The molecule has 2 atom stereocenters. The minimum atomic E-state index is -0.552. The molecule has 0 bridgehead atoms. The highest BCUT2D eigenvalue weighted by Gasteiger charge is 2.46. The number of aryl methyl sites for hydroxylation is 1. The molecule has 3 rings (SSSR count). The molecule has 1 heterocycles. The van der Waals surface area contributed by atoms with Gasteiger partial charge in [-0.3, -0.25) is 14.5 Å². The minimum absolute atomic E-state index is 0.0508. The first kappa shape index (κ1) is 18.8. The summed E-state index contributed by atoms with van der Waals surface area (Å²) >= 11 is 0. The Hall–Kier alpha value is -2.96. The van der Waals surface area contributed by atoms with E-state index in [2.05, 4.69) is 5.16 Å². The second-order valence-electron chi connectivity index (χ2n) is 6.90. The van der Waals surface area contributed by atoms with E-state index in [1.54, 1.807) is 6.07 Å². The lowest BCUT2D eigenvalue weighted by atomic mass is 9.85. The molecular weight excluding hydrogens is 346 g/mol. The molecule has 1 saturated heterocycles. The summed E-state index contributed by atoms with van der Waals surface area (Å²) < 4.78 is 0. The Kier molecular flexibility index (Phi) is 5.69. The molecule has 1 fully saturated rings. The number of nitrogens with two attached hydrogens (primary N) is 1. The largest absolute Gasteiger partial charge is 0.380 e. The number of carbonyl (C=O) groups is 3. The van der Waals surface area contributed by atoms with E-state index in [0.29, 0.717) is 24.8 Å². The van der Waals surface area contributed by atoms with Crippen molar-refractivity contribution >= 4 is 23.6 Å². The van der Waals surface area contributed by atoms with Crippen molar-refractivity contribution < 1.29 is 19.2 Å². The third-order valence-corrected chi connectivity index (χ3v) is 4.92. The molecule has 0 aromatic heterocycles. The summed E-state index contributed by atoms with van der Waals surface area (Å²) in [5.74, 6) is -1.19. The zero-order chi connectivity index (χ0) is 19.4. The van der Waals surface area contributed by atoms with Crippen molar-refractivity contribution in [2.75, 3.05) is 6.54 Å². The monoisotopic (exact) mass is 369 g/mol. The zero-order valence-electron chi connectivity index (χ0n) is 15.3. The predicted molar refractivity (Wildman–Crippen MR) is 99.3 cm³/mol. The van der Waals surface area contributed by atoms with E-state index in [-0.39, 0.29) is 42.5 Å². The highest BCUT2D eigenvalue weighted by molar-refractivity contribution is 6.05. The summed E-state index contributed by atoms with van der Waals surface area (Å²) in [5.41, 5.74) is 7.51. The molecule has 0 radical (unpaired) electrons. The number of oxime groups is 1. The second-order valence-corrected chi connectivity index (χ2v) is 6.90. The molecule has 1 aromatic rings. The van der Waals surface area contributed by atoms with E-state index in [1.807, 2.05) is 37.3 Å². The van der Waals surface area contributed by atoms with Gasteiger partial charge in [0, 0.05) is 18.5 Å². The van der Waals surface area contributed by atoms with E-state index >= 15 is 0 Å². The van der Waals surface area contributed by atoms with Gasteiger partial charge in [-0.1, -0.05) is 41.1 Å². The van der Waals surface area contributed by atoms with Gasteiger partial charge in [0.2, 0.25) is 11.8 Å². The zero-order valence-corrected chi connectivity index (χ0v) is 15.3. The Bertz CT molecular complexity index is 789. The quantitative estimate of drug-likeness (QED) is 0.206. The van der Waals surface area contributed by atoms with Gasteiger partial charge in [0.25, 0.3) is 0 Å². The highest BCUT2D eigenvalue weighted by Crippen LogP contribution is 2.35. The molecule has 1 aromatic carbocycles. The topological polar surface area (TPSA) is 102 Å². The van der Waals surface area contributed by atoms with Crippen LogP contribution >= 0.6 is 0 Å². The van der Waals surface area contributed by atoms with Crippen molar-refractivity contribution in [2.24, 2.45) is 22.7 Å². The standard InChI is InChI=1S/C20H23N3O4/c1-13-6-4-7-14(12-13)18(21)22-27-17(24)10-5-11-23-19(25)15-8-2-3-9-16(15)20(23)26/h2-4,6-7,12,15-16H,5,8-11H2,1H3,(H2,21,22)/t15-,16-/m1/s1. The van der Waals surface area contributed by atoms with Crippen LogP contribution < -0.4 is 5.73 Å². The summed E-state index contributed by atoms with van der Waals surface area (Å²) in [7, 11) is 0. The number of imide groups is 1. The van der Waals surface area contributed by atoms with Gasteiger partial charge in [-0.2, -0.15) is 0 Å². The van der Waals surface area contributed by atoms with Crippen molar-refractivity contribution in [1.82, 2.24) is 4.90 Å². The molecule has 1 aliphatic carbocycles. The molecule has 2 N–H and O–H groups in total. The Labute approximate surface area is 157 Å². The molecule has 2 amide bonds. The van der Waals surface area contributed by atoms with Gasteiger partial charge in [-0.05, 0) is 32.3 Å². The van der Waals surface area contributed by atoms with Crippen LogP contribution in [0.3, 0.4) is 0 Å². The third-order valence-electron chi connectivity index (χ3n) is 4.92. The maximum atomic E-state index is 12.3. The van der Waals surface area contributed by atoms with E-state index in [0.717, 1.165) is 5.56 Å². The average Bonchev–Trinajstić information content (AvgIpc) is 2.91. The highest BCUT2D eigenvalue weighted by atomic mass is 16.7. The molecule has 0 spiro atoms. The van der Waals surface area contributed by atoms with Gasteiger partial charge in [0.05, 0.1) is 11.8 Å². The SMILES string of the molecule is Cc1cccc(/C(N)=N/OC(=O)CCCN2C(=O)[C@@H]3CC=CC[C@H]3C2=O)c1. The van der Waals surface area contributed by atoms with Crippen molar-refractivity contribution in [2.45, 2.75) is 32.6 Å². The number of likely N-dealkylation sites (tertiary alicyclic amines) is 1. The van der Waals surface area contributed by atoms with Crippen LogP contribution in [0, 0.1) is 18.8 Å². The van der Waals surface area contributed by atoms with Gasteiger partial charge in [-0.15, -0.1) is 0 Å². The number of fused-ring (bicyclic) bond motifs is 1. The Morgan fingerprint density at radius 1 is 1.22 bits per heavy atom. The van der Waals surface area contributed by atoms with Crippen molar-refractivity contribution in [1.29, 1.82) is 0 Å². The fraction of sp³-hybridized carbons (Fsp3) is 0.400. The number of amidine groups is 1. The number of nitrogens with zero attached hydrogens (tertiary/aromatic N) is 2. The molecular formula is C20H23N3O4. The van der Waals surface area contributed by atoms with E-state index in [9.17, 15) is 14.4 Å². The maximum Gasteiger partial charge on any atom is 0.335 e. The summed E-state index contributed by atoms with van der Waals surface area (Å²) in [5, 5.41) is 3.66. The number of allylic oxidation sites excluding steroid dienone is 2. The molecule has 7 nitrogen and oxygen atoms in total. The lowest BCUT2D eigenvalue weighted by molar-refractivity contribution is -0.145. The first-order chi connectivity index (χ1) is 13.0. The summed E-state index contributed by atoms with van der Waals surface area (Å²) in [6.07, 6.45) is 5.51. The van der Waals surface area contributed by atoms with Crippen LogP contribution in [-0.4, -0.2) is 35.1 Å². The van der Waals surface area contributed by atoms with Crippen LogP contribution in [-0.2, 0) is 19.2 Å². The van der Waals surface area contributed by atoms with Crippen molar-refractivity contribution in [3.8, 4) is 0 Å². The van der Waals surface area contributed by atoms with Crippen LogP contribution in [0.2, 0.25) is 0 Å². The number of hydrogen-bond acceptors (Lipinski definition) is 5. The first-order valence-electron chi connectivity index (χ1n) is 9.08. The maximum absolute atomic E-state index is 12.3. The van der Waals surface area contributed by atoms with Gasteiger partial charge in [0.15, 0.2) is 5.84 Å². The van der Waals surface area contributed by atoms with E-state index < -0.39 is 5.97 Å². The number of benzene rings is 1. The fourth-order valence-electron chi connectivity index (χ4n) is 3.47. The molecule has 142 valence electrons. The normalized spacial score (nSPS) is 22.1. The molecule has 1 aliphatic heterocycles. The molecule has 7 heteroatoms. The van der Waals surface area contributed by atoms with E-state index in [4.69, 9.17) is 10.6 Å². The first-order valence-corrected chi connectivity index (χ1v) is 9.08.